The standard InChI is InChI=1S/C19H23N3O3S.ClH/c20-16-10-8-15(9-11-16)12-13-21-19(23)18-7-4-14-22(18)26(24,25)17-5-2-1-3-6-17;/h1-3,5-6,8-11,18H,4,7,12-14,20H2,(H,21,23);1H. The van der Waals surface area contributed by atoms with Gasteiger partial charge in [0.25, 0.3) is 0 Å². The largest absolute Gasteiger partial charge is 0.399 e. The Labute approximate surface area is 166 Å². The van der Waals surface area contributed by atoms with Gasteiger partial charge in [0.1, 0.15) is 6.04 Å². The first-order valence-corrected chi connectivity index (χ1v) is 10.1. The molecule has 146 valence electrons. The van der Waals surface area contributed by atoms with Crippen LogP contribution in [-0.4, -0.2) is 37.8 Å². The van der Waals surface area contributed by atoms with Gasteiger partial charge in [-0.3, -0.25) is 4.79 Å². The second kappa shape index (κ2) is 9.21. The highest BCUT2D eigenvalue weighted by atomic mass is 35.5. The number of hydrogen-bond donors (Lipinski definition) is 2. The summed E-state index contributed by atoms with van der Waals surface area (Å²) in [6.45, 7) is 0.825. The van der Waals surface area contributed by atoms with Crippen molar-refractivity contribution in [2.24, 2.45) is 0 Å². The van der Waals surface area contributed by atoms with Crippen molar-refractivity contribution >= 4 is 34.0 Å². The van der Waals surface area contributed by atoms with Crippen LogP contribution in [0.25, 0.3) is 0 Å². The minimum absolute atomic E-state index is 0. The van der Waals surface area contributed by atoms with E-state index in [-0.39, 0.29) is 23.2 Å². The molecule has 0 aromatic heterocycles. The third-order valence-electron chi connectivity index (χ3n) is 4.55. The SMILES string of the molecule is Cl.Nc1ccc(CCNC(=O)C2CCCN2S(=O)(=O)c2ccccc2)cc1. The summed E-state index contributed by atoms with van der Waals surface area (Å²) < 4.78 is 26.9. The normalized spacial score (nSPS) is 17.3. The molecule has 27 heavy (non-hydrogen) atoms. The predicted octanol–water partition coefficient (Wildman–Crippen LogP) is 2.20. The van der Waals surface area contributed by atoms with E-state index in [1.807, 2.05) is 24.3 Å². The molecule has 1 heterocycles. The van der Waals surface area contributed by atoms with E-state index < -0.39 is 16.1 Å². The van der Waals surface area contributed by atoms with Crippen molar-refractivity contribution in [2.45, 2.75) is 30.2 Å². The number of benzene rings is 2. The number of nitrogens with two attached hydrogens (primary N) is 1. The summed E-state index contributed by atoms with van der Waals surface area (Å²) >= 11 is 0. The number of carbonyl (C=O) groups is 1. The maximum Gasteiger partial charge on any atom is 0.243 e. The first-order valence-electron chi connectivity index (χ1n) is 8.67. The average molecular weight is 410 g/mol. The second-order valence-corrected chi connectivity index (χ2v) is 8.26. The molecule has 0 bridgehead atoms. The first kappa shape index (κ1) is 21.2. The Bertz CT molecular complexity index is 858. The van der Waals surface area contributed by atoms with E-state index in [1.165, 1.54) is 4.31 Å². The van der Waals surface area contributed by atoms with Crippen LogP contribution in [0, 0.1) is 0 Å². The van der Waals surface area contributed by atoms with Crippen LogP contribution in [0.15, 0.2) is 59.5 Å². The van der Waals surface area contributed by atoms with Crippen LogP contribution in [0.5, 0.6) is 0 Å². The molecule has 1 aliphatic rings. The van der Waals surface area contributed by atoms with E-state index in [0.29, 0.717) is 38.0 Å². The third kappa shape index (κ3) is 5.00. The summed E-state index contributed by atoms with van der Waals surface area (Å²) in [7, 11) is -3.66. The lowest BCUT2D eigenvalue weighted by Crippen LogP contribution is -2.46. The first-order chi connectivity index (χ1) is 12.5. The van der Waals surface area contributed by atoms with Gasteiger partial charge in [-0.15, -0.1) is 12.4 Å². The van der Waals surface area contributed by atoms with Crippen LogP contribution >= 0.6 is 12.4 Å². The fourth-order valence-corrected chi connectivity index (χ4v) is 4.83. The molecule has 3 N–H and O–H groups in total. The Morgan fingerprint density at radius 1 is 1.11 bits per heavy atom. The van der Waals surface area contributed by atoms with Gasteiger partial charge in [-0.25, -0.2) is 8.42 Å². The molecule has 3 rings (SSSR count). The molecule has 1 atom stereocenters. The zero-order valence-electron chi connectivity index (χ0n) is 14.9. The molecule has 1 aliphatic heterocycles. The van der Waals surface area contributed by atoms with Crippen molar-refractivity contribution in [3.05, 3.63) is 60.2 Å². The zero-order chi connectivity index (χ0) is 18.6. The number of rotatable bonds is 6. The molecule has 8 heteroatoms. The van der Waals surface area contributed by atoms with Gasteiger partial charge in [0.2, 0.25) is 15.9 Å². The molecule has 0 saturated carbocycles. The highest BCUT2D eigenvalue weighted by Gasteiger charge is 2.39. The molecular weight excluding hydrogens is 386 g/mol. The molecular formula is C19H24ClN3O3S. The van der Waals surface area contributed by atoms with E-state index >= 15 is 0 Å². The summed E-state index contributed by atoms with van der Waals surface area (Å²) in [6, 6.07) is 15.1. The topological polar surface area (TPSA) is 92.5 Å². The van der Waals surface area contributed by atoms with Crippen LogP contribution in [-0.2, 0) is 21.2 Å². The smallest absolute Gasteiger partial charge is 0.243 e. The van der Waals surface area contributed by atoms with Gasteiger partial charge in [-0.2, -0.15) is 4.31 Å². The van der Waals surface area contributed by atoms with Crippen LogP contribution in [0.4, 0.5) is 5.69 Å². The van der Waals surface area contributed by atoms with Crippen molar-refractivity contribution in [1.29, 1.82) is 0 Å². The lowest BCUT2D eigenvalue weighted by molar-refractivity contribution is -0.124. The number of anilines is 1. The van der Waals surface area contributed by atoms with E-state index in [4.69, 9.17) is 5.73 Å². The Kier molecular flexibility index (Phi) is 7.24. The molecule has 2 aromatic carbocycles. The van der Waals surface area contributed by atoms with Gasteiger partial charge >= 0.3 is 0 Å². The molecule has 2 aromatic rings. The lowest BCUT2D eigenvalue weighted by atomic mass is 10.1. The Hall–Kier alpha value is -2.09. The van der Waals surface area contributed by atoms with E-state index in [9.17, 15) is 13.2 Å². The molecule has 1 saturated heterocycles. The minimum atomic E-state index is -3.66. The van der Waals surface area contributed by atoms with Gasteiger partial charge in [0, 0.05) is 18.8 Å². The number of nitrogens with zero attached hydrogens (tertiary/aromatic N) is 1. The van der Waals surface area contributed by atoms with Crippen molar-refractivity contribution in [3.63, 3.8) is 0 Å². The van der Waals surface area contributed by atoms with Gasteiger partial charge in [0.05, 0.1) is 4.90 Å². The highest BCUT2D eigenvalue weighted by molar-refractivity contribution is 7.89. The van der Waals surface area contributed by atoms with Crippen molar-refractivity contribution < 1.29 is 13.2 Å². The zero-order valence-corrected chi connectivity index (χ0v) is 16.5. The molecule has 1 fully saturated rings. The van der Waals surface area contributed by atoms with Gasteiger partial charge in [-0.05, 0) is 49.1 Å². The third-order valence-corrected chi connectivity index (χ3v) is 6.47. The Morgan fingerprint density at radius 3 is 2.44 bits per heavy atom. The van der Waals surface area contributed by atoms with Crippen LogP contribution in [0.3, 0.4) is 0 Å². The molecule has 0 spiro atoms. The average Bonchev–Trinajstić information content (AvgIpc) is 3.15. The van der Waals surface area contributed by atoms with Crippen LogP contribution in [0.1, 0.15) is 18.4 Å². The van der Waals surface area contributed by atoms with E-state index in [1.54, 1.807) is 30.3 Å². The van der Waals surface area contributed by atoms with Gasteiger partial charge < -0.3 is 11.1 Å². The van der Waals surface area contributed by atoms with Gasteiger partial charge in [-0.1, -0.05) is 30.3 Å². The van der Waals surface area contributed by atoms with E-state index in [2.05, 4.69) is 5.32 Å². The lowest BCUT2D eigenvalue weighted by Gasteiger charge is -2.23. The molecule has 1 amide bonds. The number of sulfonamides is 1. The maximum atomic E-state index is 12.8. The Balaban J connectivity index is 0.00000261. The summed E-state index contributed by atoms with van der Waals surface area (Å²) in [5, 5.41) is 2.86. The quantitative estimate of drug-likeness (QED) is 0.715. The Morgan fingerprint density at radius 2 is 1.78 bits per heavy atom. The fourth-order valence-electron chi connectivity index (χ4n) is 3.15. The number of nitrogens with one attached hydrogen (secondary N) is 1. The monoisotopic (exact) mass is 409 g/mol. The molecule has 6 nitrogen and oxygen atoms in total. The van der Waals surface area contributed by atoms with Crippen molar-refractivity contribution in [3.8, 4) is 0 Å². The summed E-state index contributed by atoms with van der Waals surface area (Å²) in [5.74, 6) is -0.238. The maximum absolute atomic E-state index is 12.8. The van der Waals surface area contributed by atoms with Crippen LogP contribution in [0.2, 0.25) is 0 Å². The summed E-state index contributed by atoms with van der Waals surface area (Å²) in [6.07, 6.45) is 1.89. The van der Waals surface area contributed by atoms with Crippen LogP contribution < -0.4 is 11.1 Å². The van der Waals surface area contributed by atoms with E-state index in [0.717, 1.165) is 5.56 Å². The number of carbonyl (C=O) groups excluding carboxylic acids is 1. The highest BCUT2D eigenvalue weighted by Crippen LogP contribution is 2.26. The number of halogens is 1. The fraction of sp³-hybridized carbons (Fsp3) is 0.316. The second-order valence-electron chi connectivity index (χ2n) is 6.37. The van der Waals surface area contributed by atoms with Gasteiger partial charge in [0.15, 0.2) is 0 Å². The van der Waals surface area contributed by atoms with Crippen molar-refractivity contribution in [2.75, 3.05) is 18.8 Å². The predicted molar refractivity (Wildman–Crippen MR) is 108 cm³/mol. The molecule has 0 aliphatic carbocycles. The molecule has 0 radical (unpaired) electrons. The summed E-state index contributed by atoms with van der Waals surface area (Å²) in [5.41, 5.74) is 7.43. The number of hydrogen-bond acceptors (Lipinski definition) is 4. The number of amides is 1. The summed E-state index contributed by atoms with van der Waals surface area (Å²) in [4.78, 5) is 12.8. The molecule has 1 unspecified atom stereocenters. The number of nitrogen functional groups attached to an aromatic ring is 1. The minimum Gasteiger partial charge on any atom is -0.399 e. The van der Waals surface area contributed by atoms with Crippen molar-refractivity contribution in [1.82, 2.24) is 9.62 Å².